The predicted molar refractivity (Wildman–Crippen MR) is 357 cm³/mol. The van der Waals surface area contributed by atoms with Gasteiger partial charge in [0.15, 0.2) is 6.10 Å². The van der Waals surface area contributed by atoms with Gasteiger partial charge in [-0.1, -0.05) is 262 Å². The third-order valence-corrected chi connectivity index (χ3v) is 13.4. The SMILES string of the molecule is CC/C=C\C/C=C\C/C=C\C/C=C\C/C=C\C/C=C\C/C=C\C/C=C\C/C=C\C/C=C\CCCCC(=O)OCC(COC(=O)CCCCCCC/C=C\CCCCC)OC(=O)CCCCCCCC/C=C\C/C=C\C/C=C\CCCCC. The van der Waals surface area contributed by atoms with Crippen LogP contribution in [0.1, 0.15) is 271 Å². The number of ether oxygens (including phenoxy) is 3. The smallest absolute Gasteiger partial charge is 0.306 e. The normalized spacial score (nSPS) is 13.3. The van der Waals surface area contributed by atoms with Crippen molar-refractivity contribution in [3.05, 3.63) is 170 Å². The van der Waals surface area contributed by atoms with E-state index in [0.29, 0.717) is 25.7 Å². The first kappa shape index (κ1) is 76.8. The van der Waals surface area contributed by atoms with Crippen LogP contribution in [-0.4, -0.2) is 37.2 Å². The van der Waals surface area contributed by atoms with E-state index in [4.69, 9.17) is 14.2 Å². The van der Waals surface area contributed by atoms with E-state index in [9.17, 15) is 14.4 Å². The van der Waals surface area contributed by atoms with Crippen LogP contribution >= 0.6 is 0 Å². The minimum absolute atomic E-state index is 0.108. The highest BCUT2D eigenvalue weighted by molar-refractivity contribution is 5.71. The first-order valence-electron chi connectivity index (χ1n) is 33.1. The highest BCUT2D eigenvalue weighted by Crippen LogP contribution is 2.13. The maximum absolute atomic E-state index is 12.9. The van der Waals surface area contributed by atoms with Crippen molar-refractivity contribution in [1.82, 2.24) is 0 Å². The van der Waals surface area contributed by atoms with Crippen molar-refractivity contribution in [2.75, 3.05) is 13.2 Å². The minimum Gasteiger partial charge on any atom is -0.462 e. The molecule has 0 saturated carbocycles. The number of hydrogen-bond donors (Lipinski definition) is 0. The lowest BCUT2D eigenvalue weighted by molar-refractivity contribution is -0.167. The zero-order valence-electron chi connectivity index (χ0n) is 52.7. The summed E-state index contributed by atoms with van der Waals surface area (Å²) in [6.45, 7) is 6.41. The average molecular weight is 1130 g/mol. The van der Waals surface area contributed by atoms with E-state index in [1.165, 1.54) is 70.6 Å². The van der Waals surface area contributed by atoms with Crippen LogP contribution in [0.15, 0.2) is 170 Å². The molecule has 1 atom stereocenters. The van der Waals surface area contributed by atoms with Crippen molar-refractivity contribution in [2.24, 2.45) is 0 Å². The fourth-order valence-electron chi connectivity index (χ4n) is 8.47. The molecule has 0 spiro atoms. The molecule has 82 heavy (non-hydrogen) atoms. The summed E-state index contributed by atoms with van der Waals surface area (Å²) in [5.41, 5.74) is 0. The lowest BCUT2D eigenvalue weighted by Gasteiger charge is -2.18. The molecule has 0 aromatic rings. The van der Waals surface area contributed by atoms with Crippen LogP contribution < -0.4 is 0 Å². The Morgan fingerprint density at radius 3 is 0.780 bits per heavy atom. The molecule has 0 amide bonds. The molecule has 0 saturated heterocycles. The molecule has 0 aliphatic rings. The second-order valence-electron chi connectivity index (χ2n) is 21.3. The van der Waals surface area contributed by atoms with Crippen molar-refractivity contribution in [3.63, 3.8) is 0 Å². The molecular weight excluding hydrogens is 1010 g/mol. The number of hydrogen-bond acceptors (Lipinski definition) is 6. The average Bonchev–Trinajstić information content (AvgIpc) is 3.47. The van der Waals surface area contributed by atoms with Gasteiger partial charge in [-0.15, -0.1) is 0 Å². The van der Waals surface area contributed by atoms with Gasteiger partial charge < -0.3 is 14.2 Å². The van der Waals surface area contributed by atoms with Gasteiger partial charge in [0.1, 0.15) is 13.2 Å². The summed E-state index contributed by atoms with van der Waals surface area (Å²) in [7, 11) is 0. The number of carbonyl (C=O) groups excluding carboxylic acids is 3. The molecule has 0 aromatic heterocycles. The fourth-order valence-corrected chi connectivity index (χ4v) is 8.47. The van der Waals surface area contributed by atoms with Crippen LogP contribution in [0.3, 0.4) is 0 Å². The molecule has 0 radical (unpaired) electrons. The first-order chi connectivity index (χ1) is 40.5. The lowest BCUT2D eigenvalue weighted by Crippen LogP contribution is -2.30. The van der Waals surface area contributed by atoms with E-state index in [1.807, 2.05) is 0 Å². The molecule has 0 heterocycles. The number of unbranched alkanes of at least 4 members (excludes halogenated alkanes) is 19. The van der Waals surface area contributed by atoms with Crippen LogP contribution in [0, 0.1) is 0 Å². The Hall–Kier alpha value is -5.23. The molecule has 0 aliphatic heterocycles. The molecule has 0 bridgehead atoms. The van der Waals surface area contributed by atoms with Crippen LogP contribution in [0.4, 0.5) is 0 Å². The van der Waals surface area contributed by atoms with Crippen LogP contribution in [-0.2, 0) is 28.6 Å². The van der Waals surface area contributed by atoms with Gasteiger partial charge in [-0.05, 0) is 161 Å². The van der Waals surface area contributed by atoms with Crippen molar-refractivity contribution in [3.8, 4) is 0 Å². The maximum atomic E-state index is 12.9. The lowest BCUT2D eigenvalue weighted by atomic mass is 10.1. The van der Waals surface area contributed by atoms with Crippen molar-refractivity contribution >= 4 is 17.9 Å². The van der Waals surface area contributed by atoms with Crippen molar-refractivity contribution in [2.45, 2.75) is 277 Å². The Bertz CT molecular complexity index is 1870. The Morgan fingerprint density at radius 1 is 0.256 bits per heavy atom. The molecule has 6 nitrogen and oxygen atoms in total. The van der Waals surface area contributed by atoms with Gasteiger partial charge in [0.25, 0.3) is 0 Å². The number of allylic oxidation sites excluding steroid dienone is 28. The second kappa shape index (κ2) is 68.3. The summed E-state index contributed by atoms with van der Waals surface area (Å²) in [6, 6.07) is 0. The summed E-state index contributed by atoms with van der Waals surface area (Å²) >= 11 is 0. The monoisotopic (exact) mass is 1130 g/mol. The van der Waals surface area contributed by atoms with Crippen molar-refractivity contribution < 1.29 is 28.6 Å². The van der Waals surface area contributed by atoms with E-state index < -0.39 is 6.10 Å². The van der Waals surface area contributed by atoms with Crippen LogP contribution in [0.25, 0.3) is 0 Å². The van der Waals surface area contributed by atoms with Crippen LogP contribution in [0.2, 0.25) is 0 Å². The molecule has 0 N–H and O–H groups in total. The van der Waals surface area contributed by atoms with Gasteiger partial charge in [0.05, 0.1) is 0 Å². The molecule has 0 rings (SSSR count). The maximum Gasteiger partial charge on any atom is 0.306 e. The van der Waals surface area contributed by atoms with Gasteiger partial charge in [-0.25, -0.2) is 0 Å². The summed E-state index contributed by atoms with van der Waals surface area (Å²) < 4.78 is 16.9. The summed E-state index contributed by atoms with van der Waals surface area (Å²) in [6.07, 6.45) is 101. The standard InChI is InChI=1S/C76H120O6/c1-4-7-10-13-16-19-22-25-27-29-31-32-33-34-35-36-37-38-39-40-41-42-43-44-46-47-49-51-54-57-60-63-66-69-75(78)81-72-73(71-80-74(77)68-65-62-59-56-53-24-21-18-15-12-9-6-3)82-76(79)70-67-64-61-58-55-52-50-48-45-30-28-26-23-20-17-14-11-8-5-2/h7,10,16-21,25-28,31-32,34-35,37-38,40-41,43-45,47-49,54,57,73H,4-6,8-9,11-15,22-24,29-30,33,36,39,42,46,50-53,55-56,58-72H2,1-3H3/b10-7-,19-16-,20-17-,21-18-,27-25-,28-26-,32-31-,35-34-,38-37-,41-40-,44-43-,48-45-,49-47-,57-54-. The van der Waals surface area contributed by atoms with Gasteiger partial charge in [-0.3, -0.25) is 14.4 Å². The number of esters is 3. The molecule has 0 fully saturated rings. The molecule has 0 aromatic carbocycles. The number of rotatable bonds is 58. The number of carbonyl (C=O) groups is 3. The zero-order valence-corrected chi connectivity index (χ0v) is 52.7. The highest BCUT2D eigenvalue weighted by Gasteiger charge is 2.19. The molecule has 460 valence electrons. The van der Waals surface area contributed by atoms with E-state index in [2.05, 4.69) is 191 Å². The Morgan fingerprint density at radius 2 is 0.476 bits per heavy atom. The summed E-state index contributed by atoms with van der Waals surface area (Å²) in [4.78, 5) is 38.3. The summed E-state index contributed by atoms with van der Waals surface area (Å²) in [5, 5.41) is 0. The van der Waals surface area contributed by atoms with Crippen molar-refractivity contribution in [1.29, 1.82) is 0 Å². The molecule has 0 aliphatic carbocycles. The second-order valence-corrected chi connectivity index (χ2v) is 21.3. The third-order valence-electron chi connectivity index (χ3n) is 13.4. The Kier molecular flexibility index (Phi) is 63.9. The van der Waals surface area contributed by atoms with E-state index in [0.717, 1.165) is 154 Å². The van der Waals surface area contributed by atoms with E-state index in [-0.39, 0.29) is 31.1 Å². The molecular formula is C76H120O6. The molecule has 6 heteroatoms. The largest absolute Gasteiger partial charge is 0.462 e. The minimum atomic E-state index is -0.816. The predicted octanol–water partition coefficient (Wildman–Crippen LogP) is 23.0. The van der Waals surface area contributed by atoms with Gasteiger partial charge in [0.2, 0.25) is 0 Å². The quantitative estimate of drug-likeness (QED) is 0.0261. The zero-order chi connectivity index (χ0) is 59.2. The van der Waals surface area contributed by atoms with E-state index >= 15 is 0 Å². The topological polar surface area (TPSA) is 78.9 Å². The Balaban J connectivity index is 4.42. The third kappa shape index (κ3) is 65.6. The van der Waals surface area contributed by atoms with Gasteiger partial charge in [0, 0.05) is 19.3 Å². The highest BCUT2D eigenvalue weighted by atomic mass is 16.6. The first-order valence-corrected chi connectivity index (χ1v) is 33.1. The molecule has 1 unspecified atom stereocenters. The van der Waals surface area contributed by atoms with Gasteiger partial charge >= 0.3 is 17.9 Å². The van der Waals surface area contributed by atoms with Gasteiger partial charge in [-0.2, -0.15) is 0 Å². The summed E-state index contributed by atoms with van der Waals surface area (Å²) in [5.74, 6) is -0.980. The van der Waals surface area contributed by atoms with E-state index in [1.54, 1.807) is 0 Å². The Labute approximate surface area is 504 Å². The van der Waals surface area contributed by atoms with Crippen LogP contribution in [0.5, 0.6) is 0 Å². The fraction of sp³-hybridized carbons (Fsp3) is 0.592.